The van der Waals surface area contributed by atoms with Gasteiger partial charge in [0.15, 0.2) is 0 Å². The molecule has 2 nitrogen and oxygen atoms in total. The van der Waals surface area contributed by atoms with Gasteiger partial charge in [0, 0.05) is 27.4 Å². The summed E-state index contributed by atoms with van der Waals surface area (Å²) in [5, 5.41) is 4.09. The number of benzene rings is 1. The summed E-state index contributed by atoms with van der Waals surface area (Å²) in [4.78, 5) is 0. The topological polar surface area (TPSA) is 21.3 Å². The van der Waals surface area contributed by atoms with Crippen molar-refractivity contribution in [1.82, 2.24) is 0 Å². The van der Waals surface area contributed by atoms with E-state index in [9.17, 15) is 0 Å². The lowest BCUT2D eigenvalue weighted by molar-refractivity contribution is 0.118. The van der Waals surface area contributed by atoms with Crippen LogP contribution in [0.25, 0.3) is 0 Å². The van der Waals surface area contributed by atoms with E-state index in [-0.39, 0.29) is 0 Å². The summed E-state index contributed by atoms with van der Waals surface area (Å²) in [7, 11) is 0. The van der Waals surface area contributed by atoms with Crippen molar-refractivity contribution in [2.24, 2.45) is 5.92 Å². The van der Waals surface area contributed by atoms with Crippen LogP contribution in [0.15, 0.2) is 18.2 Å². The highest BCUT2D eigenvalue weighted by Crippen LogP contribution is 2.21. The average Bonchev–Trinajstić information content (AvgIpc) is 2.20. The third kappa shape index (κ3) is 5.37. The van der Waals surface area contributed by atoms with Crippen molar-refractivity contribution in [2.75, 3.05) is 25.1 Å². The minimum Gasteiger partial charge on any atom is -0.382 e. The second-order valence-corrected chi connectivity index (χ2v) is 5.62. The number of rotatable bonds is 6. The second-order valence-electron chi connectivity index (χ2n) is 4.02. The van der Waals surface area contributed by atoms with Crippen LogP contribution in [-0.2, 0) is 4.74 Å². The highest BCUT2D eigenvalue weighted by Gasteiger charge is 1.99. The molecule has 1 rings (SSSR count). The minimum absolute atomic E-state index is 0.593. The fourth-order valence-corrected chi connectivity index (χ4v) is 2.27. The Bertz CT molecular complexity index is 331. The van der Waals surface area contributed by atoms with E-state index in [2.05, 4.69) is 41.8 Å². The molecule has 0 fully saturated rings. The third-order valence-corrected chi connectivity index (χ3v) is 3.07. The van der Waals surface area contributed by atoms with Crippen LogP contribution in [0.5, 0.6) is 0 Å². The van der Waals surface area contributed by atoms with E-state index >= 15 is 0 Å². The monoisotopic (exact) mass is 353 g/mol. The highest BCUT2D eigenvalue weighted by molar-refractivity contribution is 14.1. The zero-order chi connectivity index (χ0) is 12.0. The molecular weight excluding hydrogens is 336 g/mol. The zero-order valence-corrected chi connectivity index (χ0v) is 12.5. The maximum atomic E-state index is 5.88. The molecule has 0 spiro atoms. The van der Waals surface area contributed by atoms with Crippen LogP contribution in [0.2, 0.25) is 5.02 Å². The summed E-state index contributed by atoms with van der Waals surface area (Å²) < 4.78 is 6.62. The van der Waals surface area contributed by atoms with Crippen molar-refractivity contribution in [2.45, 2.75) is 13.8 Å². The van der Waals surface area contributed by atoms with Gasteiger partial charge in [-0.25, -0.2) is 0 Å². The predicted molar refractivity (Wildman–Crippen MR) is 78.3 cm³/mol. The number of ether oxygens (including phenoxy) is 1. The molecule has 0 aliphatic carbocycles. The summed E-state index contributed by atoms with van der Waals surface area (Å²) in [6.07, 6.45) is 0. The molecule has 4 heteroatoms. The molecule has 0 radical (unpaired) electrons. The van der Waals surface area contributed by atoms with Crippen LogP contribution in [0.3, 0.4) is 0 Å². The van der Waals surface area contributed by atoms with Crippen LogP contribution >= 0.6 is 34.2 Å². The summed E-state index contributed by atoms with van der Waals surface area (Å²) in [5.74, 6) is 0.593. The van der Waals surface area contributed by atoms with E-state index in [0.29, 0.717) is 5.92 Å². The van der Waals surface area contributed by atoms with Gasteiger partial charge < -0.3 is 10.1 Å². The molecule has 1 aromatic carbocycles. The molecule has 0 atom stereocenters. The van der Waals surface area contributed by atoms with Crippen molar-refractivity contribution in [3.8, 4) is 0 Å². The molecule has 0 aliphatic rings. The van der Waals surface area contributed by atoms with Gasteiger partial charge in [0.25, 0.3) is 0 Å². The Kier molecular flexibility index (Phi) is 6.46. The first-order valence-corrected chi connectivity index (χ1v) is 6.82. The van der Waals surface area contributed by atoms with Gasteiger partial charge in [-0.05, 0) is 46.7 Å². The third-order valence-electron chi connectivity index (χ3n) is 1.94. The van der Waals surface area contributed by atoms with E-state index in [1.807, 2.05) is 18.2 Å². The fraction of sp³-hybridized carbons (Fsp3) is 0.500. The summed E-state index contributed by atoms with van der Waals surface area (Å²) in [6, 6.07) is 5.83. The normalized spacial score (nSPS) is 10.8. The van der Waals surface area contributed by atoms with Crippen molar-refractivity contribution < 1.29 is 4.74 Å². The van der Waals surface area contributed by atoms with Crippen molar-refractivity contribution in [1.29, 1.82) is 0 Å². The van der Waals surface area contributed by atoms with Gasteiger partial charge in [-0.3, -0.25) is 0 Å². The van der Waals surface area contributed by atoms with E-state index in [4.69, 9.17) is 16.3 Å². The van der Waals surface area contributed by atoms with Crippen LogP contribution in [0.4, 0.5) is 5.69 Å². The van der Waals surface area contributed by atoms with Gasteiger partial charge >= 0.3 is 0 Å². The first kappa shape index (κ1) is 14.1. The molecular formula is C12H17ClINO. The number of hydrogen-bond donors (Lipinski definition) is 1. The lowest BCUT2D eigenvalue weighted by Gasteiger charge is -2.10. The van der Waals surface area contributed by atoms with E-state index in [1.54, 1.807) is 0 Å². The predicted octanol–water partition coefficient (Wildman–Crippen LogP) is 4.03. The smallest absolute Gasteiger partial charge is 0.0639 e. The van der Waals surface area contributed by atoms with Crippen LogP contribution in [0.1, 0.15) is 13.8 Å². The molecule has 16 heavy (non-hydrogen) atoms. The van der Waals surface area contributed by atoms with Gasteiger partial charge in [-0.1, -0.05) is 25.4 Å². The number of halogens is 2. The molecule has 0 bridgehead atoms. The zero-order valence-electron chi connectivity index (χ0n) is 9.59. The van der Waals surface area contributed by atoms with Gasteiger partial charge in [-0.15, -0.1) is 0 Å². The van der Waals surface area contributed by atoms with Gasteiger partial charge in [-0.2, -0.15) is 0 Å². The second kappa shape index (κ2) is 7.35. The Morgan fingerprint density at radius 2 is 2.19 bits per heavy atom. The summed E-state index contributed by atoms with van der Waals surface area (Å²) >= 11 is 8.15. The van der Waals surface area contributed by atoms with Gasteiger partial charge in [0.1, 0.15) is 0 Å². The molecule has 0 unspecified atom stereocenters. The molecule has 0 saturated heterocycles. The van der Waals surface area contributed by atoms with Crippen molar-refractivity contribution in [3.05, 3.63) is 26.8 Å². The molecule has 0 heterocycles. The quantitative estimate of drug-likeness (QED) is 0.616. The Morgan fingerprint density at radius 1 is 1.44 bits per heavy atom. The Hall–Kier alpha value is -0.000000000000000111. The molecule has 0 amide bonds. The molecule has 90 valence electrons. The molecule has 0 saturated carbocycles. The lowest BCUT2D eigenvalue weighted by atomic mass is 10.2. The van der Waals surface area contributed by atoms with E-state index < -0.39 is 0 Å². The summed E-state index contributed by atoms with van der Waals surface area (Å²) in [5.41, 5.74) is 1.11. The molecule has 0 aliphatic heterocycles. The van der Waals surface area contributed by atoms with Gasteiger partial charge in [0.05, 0.1) is 6.61 Å². The van der Waals surface area contributed by atoms with Gasteiger partial charge in [0.2, 0.25) is 0 Å². The standard InChI is InChI=1S/C12H17ClINO/c1-9(2)8-16-6-5-15-12-4-3-10(13)7-11(12)14/h3-4,7,9,15H,5-6,8H2,1-2H3. The lowest BCUT2D eigenvalue weighted by Crippen LogP contribution is -2.12. The number of nitrogens with one attached hydrogen (secondary N) is 1. The van der Waals surface area contributed by atoms with E-state index in [0.717, 1.165) is 34.0 Å². The SMILES string of the molecule is CC(C)COCCNc1ccc(Cl)cc1I. The maximum Gasteiger partial charge on any atom is 0.0639 e. The highest BCUT2D eigenvalue weighted by atomic mass is 127. The van der Waals surface area contributed by atoms with Crippen molar-refractivity contribution in [3.63, 3.8) is 0 Å². The molecule has 1 aromatic rings. The number of hydrogen-bond acceptors (Lipinski definition) is 2. The van der Waals surface area contributed by atoms with Crippen LogP contribution < -0.4 is 5.32 Å². The first-order chi connectivity index (χ1) is 7.59. The summed E-state index contributed by atoms with van der Waals surface area (Å²) in [6.45, 7) is 6.67. The van der Waals surface area contributed by atoms with Crippen molar-refractivity contribution >= 4 is 39.9 Å². The van der Waals surface area contributed by atoms with E-state index in [1.165, 1.54) is 0 Å². The van der Waals surface area contributed by atoms with Crippen LogP contribution in [-0.4, -0.2) is 19.8 Å². The molecule has 0 aromatic heterocycles. The Labute approximate surface area is 116 Å². The number of anilines is 1. The first-order valence-electron chi connectivity index (χ1n) is 5.36. The maximum absolute atomic E-state index is 5.88. The Morgan fingerprint density at radius 3 is 2.81 bits per heavy atom. The van der Waals surface area contributed by atoms with Crippen LogP contribution in [0, 0.1) is 9.49 Å². The minimum atomic E-state index is 0.593. The fourth-order valence-electron chi connectivity index (χ4n) is 1.21. The Balaban J connectivity index is 2.27. The largest absolute Gasteiger partial charge is 0.382 e. The average molecular weight is 354 g/mol. The molecule has 1 N–H and O–H groups in total.